The molecule has 0 aliphatic heterocycles. The SMILES string of the molecule is Cc1cc(N(CCc2ccc(C(F)(F)F)cc2)C(=O)[C@@H](N)c2ccc(Cl)cc2)n(C)n1. The molecule has 0 radical (unpaired) electrons. The van der Waals surface area contributed by atoms with E-state index < -0.39 is 17.8 Å². The number of benzene rings is 2. The first-order valence-electron chi connectivity index (χ1n) is 9.55. The van der Waals surface area contributed by atoms with E-state index in [1.165, 1.54) is 17.0 Å². The summed E-state index contributed by atoms with van der Waals surface area (Å²) in [5, 5.41) is 4.82. The van der Waals surface area contributed by atoms with Crippen LogP contribution in [0.1, 0.15) is 28.4 Å². The van der Waals surface area contributed by atoms with Gasteiger partial charge in [-0.05, 0) is 48.7 Å². The molecule has 1 amide bonds. The number of amides is 1. The zero-order chi connectivity index (χ0) is 22.8. The molecule has 2 aromatic carbocycles. The van der Waals surface area contributed by atoms with Gasteiger partial charge in [0.1, 0.15) is 11.9 Å². The molecule has 5 nitrogen and oxygen atoms in total. The first-order chi connectivity index (χ1) is 14.6. The Labute approximate surface area is 183 Å². The minimum absolute atomic E-state index is 0.227. The molecule has 31 heavy (non-hydrogen) atoms. The summed E-state index contributed by atoms with van der Waals surface area (Å²) >= 11 is 5.92. The molecular weight excluding hydrogens is 429 g/mol. The van der Waals surface area contributed by atoms with Crippen LogP contribution in [0.3, 0.4) is 0 Å². The van der Waals surface area contributed by atoms with Crippen LogP contribution in [0, 0.1) is 6.92 Å². The van der Waals surface area contributed by atoms with E-state index in [0.29, 0.717) is 28.4 Å². The molecule has 0 unspecified atom stereocenters. The van der Waals surface area contributed by atoms with Crippen molar-refractivity contribution in [3.63, 3.8) is 0 Å². The number of aromatic nitrogens is 2. The van der Waals surface area contributed by atoms with Crippen LogP contribution < -0.4 is 10.6 Å². The van der Waals surface area contributed by atoms with Gasteiger partial charge in [0.2, 0.25) is 5.91 Å². The third-order valence-corrected chi connectivity index (χ3v) is 5.17. The molecular formula is C22H22ClF3N4O. The van der Waals surface area contributed by atoms with E-state index in [-0.39, 0.29) is 12.5 Å². The van der Waals surface area contributed by atoms with E-state index in [1.807, 2.05) is 0 Å². The maximum atomic E-state index is 13.3. The molecule has 9 heteroatoms. The highest BCUT2D eigenvalue weighted by Crippen LogP contribution is 2.29. The Balaban J connectivity index is 1.84. The molecule has 1 atom stereocenters. The second kappa shape index (κ2) is 9.11. The largest absolute Gasteiger partial charge is 0.416 e. The molecule has 3 rings (SSSR count). The molecule has 0 saturated heterocycles. The summed E-state index contributed by atoms with van der Waals surface area (Å²) < 4.78 is 40.0. The number of anilines is 1. The number of halogens is 4. The van der Waals surface area contributed by atoms with Crippen molar-refractivity contribution in [2.24, 2.45) is 12.8 Å². The molecule has 0 aliphatic carbocycles. The van der Waals surface area contributed by atoms with Gasteiger partial charge in [0.15, 0.2) is 0 Å². The first kappa shape index (κ1) is 22.8. The van der Waals surface area contributed by atoms with Gasteiger partial charge < -0.3 is 5.73 Å². The molecule has 0 aliphatic rings. The second-order valence-corrected chi connectivity index (χ2v) is 7.67. The monoisotopic (exact) mass is 450 g/mol. The Kier molecular flexibility index (Phi) is 6.71. The standard InChI is InChI=1S/C22H22ClF3N4O/c1-14-13-19(29(2)28-14)30(21(31)20(27)16-5-9-18(23)10-6-16)12-11-15-3-7-17(8-4-15)22(24,25)26/h3-10,13,20H,11-12,27H2,1-2H3/t20-/m0/s1. The summed E-state index contributed by atoms with van der Waals surface area (Å²) in [6.45, 7) is 2.03. The van der Waals surface area contributed by atoms with E-state index in [0.717, 1.165) is 17.8 Å². The maximum Gasteiger partial charge on any atom is 0.416 e. The molecule has 164 valence electrons. The van der Waals surface area contributed by atoms with Gasteiger partial charge in [-0.3, -0.25) is 14.4 Å². The van der Waals surface area contributed by atoms with Gasteiger partial charge in [-0.15, -0.1) is 0 Å². The molecule has 1 aromatic heterocycles. The van der Waals surface area contributed by atoms with Crippen LogP contribution in [0.4, 0.5) is 19.0 Å². The number of nitrogens with two attached hydrogens (primary N) is 1. The zero-order valence-corrected chi connectivity index (χ0v) is 17.8. The smallest absolute Gasteiger partial charge is 0.316 e. The van der Waals surface area contributed by atoms with Crippen LogP contribution >= 0.6 is 11.6 Å². The third-order valence-electron chi connectivity index (χ3n) is 4.92. The van der Waals surface area contributed by atoms with E-state index >= 15 is 0 Å². The predicted molar refractivity (Wildman–Crippen MR) is 114 cm³/mol. The number of alkyl halides is 3. The fourth-order valence-corrected chi connectivity index (χ4v) is 3.40. The molecule has 3 aromatic rings. The number of nitrogens with zero attached hydrogens (tertiary/aromatic N) is 3. The highest BCUT2D eigenvalue weighted by Gasteiger charge is 2.30. The maximum absolute atomic E-state index is 13.3. The fourth-order valence-electron chi connectivity index (χ4n) is 3.27. The topological polar surface area (TPSA) is 64.2 Å². The summed E-state index contributed by atoms with van der Waals surface area (Å²) in [5.74, 6) is 0.205. The van der Waals surface area contributed by atoms with Crippen molar-refractivity contribution in [3.8, 4) is 0 Å². The summed E-state index contributed by atoms with van der Waals surface area (Å²) in [5.41, 5.74) is 7.52. The van der Waals surface area contributed by atoms with Crippen molar-refractivity contribution in [1.29, 1.82) is 0 Å². The second-order valence-electron chi connectivity index (χ2n) is 7.23. The molecule has 0 bridgehead atoms. The zero-order valence-electron chi connectivity index (χ0n) is 17.0. The predicted octanol–water partition coefficient (Wildman–Crippen LogP) is 4.68. The molecule has 0 saturated carbocycles. The van der Waals surface area contributed by atoms with Gasteiger partial charge in [0.25, 0.3) is 0 Å². The van der Waals surface area contributed by atoms with Crippen LogP contribution in [0.2, 0.25) is 5.02 Å². The van der Waals surface area contributed by atoms with Crippen LogP contribution in [0.25, 0.3) is 0 Å². The van der Waals surface area contributed by atoms with Gasteiger partial charge >= 0.3 is 6.18 Å². The Hall–Kier alpha value is -2.84. The van der Waals surface area contributed by atoms with Gasteiger partial charge in [-0.2, -0.15) is 18.3 Å². The third kappa shape index (κ3) is 5.45. The molecule has 2 N–H and O–H groups in total. The highest BCUT2D eigenvalue weighted by atomic mass is 35.5. The number of hydrogen-bond donors (Lipinski definition) is 1. The van der Waals surface area contributed by atoms with Gasteiger partial charge in [0.05, 0.1) is 11.3 Å². The van der Waals surface area contributed by atoms with Crippen LogP contribution in [-0.4, -0.2) is 22.2 Å². The minimum Gasteiger partial charge on any atom is -0.316 e. The highest BCUT2D eigenvalue weighted by molar-refractivity contribution is 6.30. The molecule has 1 heterocycles. The quantitative estimate of drug-likeness (QED) is 0.593. The van der Waals surface area contributed by atoms with Crippen molar-refractivity contribution < 1.29 is 18.0 Å². The fraction of sp³-hybridized carbons (Fsp3) is 0.273. The van der Waals surface area contributed by atoms with Gasteiger partial charge in [-0.1, -0.05) is 35.9 Å². The lowest BCUT2D eigenvalue weighted by molar-refractivity contribution is -0.137. The van der Waals surface area contributed by atoms with Crippen molar-refractivity contribution in [3.05, 3.63) is 82.0 Å². The van der Waals surface area contributed by atoms with Gasteiger partial charge in [-0.25, -0.2) is 0 Å². The van der Waals surface area contributed by atoms with Crippen molar-refractivity contribution >= 4 is 23.3 Å². The number of carbonyl (C=O) groups is 1. The van der Waals surface area contributed by atoms with Crippen LogP contribution in [0.5, 0.6) is 0 Å². The minimum atomic E-state index is -4.39. The van der Waals surface area contributed by atoms with Crippen LogP contribution in [0.15, 0.2) is 54.6 Å². The average Bonchev–Trinajstić information content (AvgIpc) is 3.05. The number of hydrogen-bond acceptors (Lipinski definition) is 3. The van der Waals surface area contributed by atoms with Crippen molar-refractivity contribution in [1.82, 2.24) is 9.78 Å². The normalized spacial score (nSPS) is 12.6. The molecule has 0 spiro atoms. The lowest BCUT2D eigenvalue weighted by Gasteiger charge is -2.26. The van der Waals surface area contributed by atoms with E-state index in [9.17, 15) is 18.0 Å². The summed E-state index contributed by atoms with van der Waals surface area (Å²) in [6.07, 6.45) is -4.04. The van der Waals surface area contributed by atoms with E-state index in [2.05, 4.69) is 5.10 Å². The van der Waals surface area contributed by atoms with E-state index in [4.69, 9.17) is 17.3 Å². The lowest BCUT2D eigenvalue weighted by atomic mass is 10.1. The summed E-state index contributed by atoms with van der Waals surface area (Å²) in [7, 11) is 1.72. The summed E-state index contributed by atoms with van der Waals surface area (Å²) in [4.78, 5) is 14.8. The lowest BCUT2D eigenvalue weighted by Crippen LogP contribution is -2.41. The van der Waals surface area contributed by atoms with E-state index in [1.54, 1.807) is 49.0 Å². The van der Waals surface area contributed by atoms with Crippen LogP contribution in [-0.2, 0) is 24.4 Å². The summed E-state index contributed by atoms with van der Waals surface area (Å²) in [6, 6.07) is 12.4. The van der Waals surface area contributed by atoms with Gasteiger partial charge in [0, 0.05) is 24.7 Å². The Morgan fingerprint density at radius 2 is 1.77 bits per heavy atom. The Morgan fingerprint density at radius 1 is 1.16 bits per heavy atom. The molecule has 0 fully saturated rings. The Morgan fingerprint density at radius 3 is 2.29 bits per heavy atom. The van der Waals surface area contributed by atoms with Crippen molar-refractivity contribution in [2.75, 3.05) is 11.4 Å². The number of aryl methyl sites for hydroxylation is 2. The Bertz CT molecular complexity index is 1050. The average molecular weight is 451 g/mol. The van der Waals surface area contributed by atoms with Crippen molar-refractivity contribution in [2.45, 2.75) is 25.6 Å². The first-order valence-corrected chi connectivity index (χ1v) is 9.93. The number of carbonyl (C=O) groups excluding carboxylic acids is 1. The number of rotatable bonds is 6.